The van der Waals surface area contributed by atoms with Gasteiger partial charge in [0.05, 0.1) is 0 Å². The number of ether oxygens (including phenoxy) is 1. The Morgan fingerprint density at radius 2 is 1.48 bits per heavy atom. The van der Waals surface area contributed by atoms with Gasteiger partial charge in [0.2, 0.25) is 17.0 Å². The van der Waals surface area contributed by atoms with Crippen LogP contribution in [0.5, 0.6) is 28.7 Å². The fraction of sp³-hybridized carbons (Fsp3) is 0.441. The molecule has 8 heteroatoms. The second-order valence-corrected chi connectivity index (χ2v) is 10.9. The third kappa shape index (κ3) is 9.58. The van der Waals surface area contributed by atoms with E-state index in [0.29, 0.717) is 6.42 Å². The average molecular weight is 581 g/mol. The fourth-order valence-electron chi connectivity index (χ4n) is 4.75. The van der Waals surface area contributed by atoms with Crippen LogP contribution in [0.2, 0.25) is 0 Å². The number of fused-ring (bicyclic) bond motifs is 1. The summed E-state index contributed by atoms with van der Waals surface area (Å²) in [5.41, 5.74) is -0.674. The van der Waals surface area contributed by atoms with E-state index >= 15 is 0 Å². The van der Waals surface area contributed by atoms with E-state index < -0.39 is 22.7 Å². The van der Waals surface area contributed by atoms with Gasteiger partial charge in [0.25, 0.3) is 0 Å². The summed E-state index contributed by atoms with van der Waals surface area (Å²) in [7, 11) is 0. The van der Waals surface area contributed by atoms with Gasteiger partial charge in [-0.05, 0) is 56.7 Å². The molecular weight excluding hydrogens is 536 g/mol. The lowest BCUT2D eigenvalue weighted by Crippen LogP contribution is -2.34. The van der Waals surface area contributed by atoms with Crippen molar-refractivity contribution in [3.05, 3.63) is 64.9 Å². The maximum atomic E-state index is 13.4. The lowest BCUT2D eigenvalue weighted by atomic mass is 10.0. The van der Waals surface area contributed by atoms with Gasteiger partial charge in [-0.15, -0.1) is 0 Å². The van der Waals surface area contributed by atoms with E-state index in [9.17, 15) is 30.3 Å². The summed E-state index contributed by atoms with van der Waals surface area (Å²) >= 11 is 0. The highest BCUT2D eigenvalue weighted by Gasteiger charge is 2.29. The summed E-state index contributed by atoms with van der Waals surface area (Å²) in [6, 6.07) is 5.99. The van der Waals surface area contributed by atoms with Gasteiger partial charge in [0, 0.05) is 31.0 Å². The average Bonchev–Trinajstić information content (AvgIpc) is 2.93. The van der Waals surface area contributed by atoms with Crippen molar-refractivity contribution < 1.29 is 34.7 Å². The molecule has 3 aromatic rings. The fourth-order valence-corrected chi connectivity index (χ4v) is 4.75. The molecule has 0 saturated heterocycles. The van der Waals surface area contributed by atoms with Crippen LogP contribution in [-0.2, 0) is 0 Å². The normalized spacial score (nSPS) is 13.3. The zero-order valence-corrected chi connectivity index (χ0v) is 24.6. The summed E-state index contributed by atoms with van der Waals surface area (Å²) in [5, 5.41) is 50.8. The largest absolute Gasteiger partial charge is 0.508 e. The van der Waals surface area contributed by atoms with Crippen molar-refractivity contribution in [3.63, 3.8) is 0 Å². The first-order chi connectivity index (χ1) is 20.1. The van der Waals surface area contributed by atoms with Crippen LogP contribution in [-0.4, -0.2) is 31.3 Å². The number of aliphatic hydroxyl groups is 1. The van der Waals surface area contributed by atoms with Crippen molar-refractivity contribution >= 4 is 11.0 Å². The van der Waals surface area contributed by atoms with Crippen molar-refractivity contribution in [1.82, 2.24) is 0 Å². The Labute approximate surface area is 247 Å². The van der Waals surface area contributed by atoms with Gasteiger partial charge in [-0.25, -0.2) is 0 Å². The summed E-state index contributed by atoms with van der Waals surface area (Å²) in [6.45, 7) is 3.67. The Bertz CT molecular complexity index is 1420. The Kier molecular flexibility index (Phi) is 12.4. The number of phenolic OH excluding ortho intramolecular Hbond substituents is 4. The zero-order chi connectivity index (χ0) is 30.5. The number of benzene rings is 2. The summed E-state index contributed by atoms with van der Waals surface area (Å²) < 4.78 is 11.7. The van der Waals surface area contributed by atoms with Crippen LogP contribution < -0.4 is 10.2 Å². The van der Waals surface area contributed by atoms with E-state index in [4.69, 9.17) is 9.15 Å². The van der Waals surface area contributed by atoms with Crippen LogP contribution >= 0.6 is 0 Å². The third-order valence-electron chi connectivity index (χ3n) is 7.07. The van der Waals surface area contributed by atoms with Gasteiger partial charge in [-0.2, -0.15) is 0 Å². The van der Waals surface area contributed by atoms with E-state index in [1.54, 1.807) is 0 Å². The smallest absolute Gasteiger partial charge is 0.239 e. The highest BCUT2D eigenvalue weighted by Crippen LogP contribution is 2.39. The molecule has 0 saturated carbocycles. The van der Waals surface area contributed by atoms with Crippen molar-refractivity contribution in [2.45, 2.75) is 96.7 Å². The van der Waals surface area contributed by atoms with Gasteiger partial charge in [-0.3, -0.25) is 4.79 Å². The molecule has 3 rings (SSSR count). The highest BCUT2D eigenvalue weighted by atomic mass is 16.6. The van der Waals surface area contributed by atoms with E-state index in [-0.39, 0.29) is 46.0 Å². The zero-order valence-electron chi connectivity index (χ0n) is 24.6. The molecule has 1 unspecified atom stereocenters. The number of aromatic hydroxyl groups is 4. The third-order valence-corrected chi connectivity index (χ3v) is 7.07. The second kappa shape index (κ2) is 15.9. The van der Waals surface area contributed by atoms with E-state index in [2.05, 4.69) is 31.2 Å². The maximum absolute atomic E-state index is 13.4. The first-order valence-corrected chi connectivity index (χ1v) is 14.9. The summed E-state index contributed by atoms with van der Waals surface area (Å²) in [4.78, 5) is 13.4. The molecule has 0 spiro atoms. The molecule has 8 nitrogen and oxygen atoms in total. The number of rotatable bonds is 17. The minimum Gasteiger partial charge on any atom is -0.508 e. The Morgan fingerprint density at radius 1 is 0.810 bits per heavy atom. The molecule has 1 aromatic heterocycles. The van der Waals surface area contributed by atoms with Gasteiger partial charge >= 0.3 is 0 Å². The van der Waals surface area contributed by atoms with Crippen LogP contribution in [0.4, 0.5) is 0 Å². The first-order valence-electron chi connectivity index (χ1n) is 14.9. The SMILES string of the molecule is CCCCC/C=C\C/C=C\CCCCCCCC(C)(O)Oc1c(-c2ccc(O)c(O)c2)oc2cc(O)cc(O)c2c1=O. The highest BCUT2D eigenvalue weighted by molar-refractivity contribution is 5.88. The Balaban J connectivity index is 1.57. The van der Waals surface area contributed by atoms with Crippen LogP contribution in [0.15, 0.2) is 63.8 Å². The quantitative estimate of drug-likeness (QED) is 0.0466. The van der Waals surface area contributed by atoms with Gasteiger partial charge < -0.3 is 34.7 Å². The van der Waals surface area contributed by atoms with Gasteiger partial charge in [-0.1, -0.05) is 63.3 Å². The van der Waals surface area contributed by atoms with Crippen LogP contribution in [0.25, 0.3) is 22.3 Å². The number of allylic oxidation sites excluding steroid dienone is 4. The molecule has 5 N–H and O–H groups in total. The minimum atomic E-state index is -1.73. The lowest BCUT2D eigenvalue weighted by molar-refractivity contribution is -0.128. The second-order valence-electron chi connectivity index (χ2n) is 10.9. The molecular formula is C34H44O8. The van der Waals surface area contributed by atoms with Crippen LogP contribution in [0.3, 0.4) is 0 Å². The van der Waals surface area contributed by atoms with Crippen molar-refractivity contribution in [2.24, 2.45) is 0 Å². The van der Waals surface area contributed by atoms with Crippen molar-refractivity contribution in [1.29, 1.82) is 0 Å². The molecule has 1 atom stereocenters. The Hall–Kier alpha value is -3.91. The van der Waals surface area contributed by atoms with E-state index in [0.717, 1.165) is 51.0 Å². The number of phenols is 4. The maximum Gasteiger partial charge on any atom is 0.239 e. The molecule has 2 aromatic carbocycles. The molecule has 0 aliphatic heterocycles. The molecule has 0 bridgehead atoms. The van der Waals surface area contributed by atoms with E-state index in [1.807, 2.05) is 0 Å². The predicted molar refractivity (Wildman–Crippen MR) is 165 cm³/mol. The van der Waals surface area contributed by atoms with Gasteiger partial charge in [0.1, 0.15) is 22.5 Å². The lowest BCUT2D eigenvalue weighted by Gasteiger charge is -2.25. The number of hydrogen-bond acceptors (Lipinski definition) is 8. The molecule has 0 amide bonds. The summed E-state index contributed by atoms with van der Waals surface area (Å²) in [6.07, 6.45) is 20.9. The molecule has 0 aliphatic rings. The van der Waals surface area contributed by atoms with E-state index in [1.165, 1.54) is 50.5 Å². The first kappa shape index (κ1) is 32.6. The molecule has 0 fully saturated rings. The molecule has 228 valence electrons. The standard InChI is InChI=1S/C34H44O8/c1-3-4-5-6-7-8-9-10-11-12-13-14-15-16-17-20-34(2,40)42-33-31(39)30-28(38)22-25(35)23-29(30)41-32(33)24-18-19-26(36)27(37)21-24/h7-8,10-11,18-19,21-23,35-38,40H,3-6,9,12-17,20H2,1-2H3/b8-7-,11-10-. The van der Waals surface area contributed by atoms with Crippen LogP contribution in [0, 0.1) is 0 Å². The monoisotopic (exact) mass is 580 g/mol. The molecule has 1 heterocycles. The number of unbranched alkanes of at least 4 members (excludes halogenated alkanes) is 8. The minimum absolute atomic E-state index is 0.110. The topological polar surface area (TPSA) is 141 Å². The number of hydrogen-bond donors (Lipinski definition) is 5. The molecule has 0 radical (unpaired) electrons. The van der Waals surface area contributed by atoms with Gasteiger partial charge in [0.15, 0.2) is 17.3 Å². The van der Waals surface area contributed by atoms with Crippen LogP contribution in [0.1, 0.15) is 90.9 Å². The Morgan fingerprint density at radius 3 is 2.17 bits per heavy atom. The predicted octanol–water partition coefficient (Wildman–Crippen LogP) is 8.18. The summed E-state index contributed by atoms with van der Waals surface area (Å²) in [5.74, 6) is -3.85. The van der Waals surface area contributed by atoms with Crippen molar-refractivity contribution in [3.8, 4) is 40.1 Å². The molecule has 42 heavy (non-hydrogen) atoms. The molecule has 0 aliphatic carbocycles. The van der Waals surface area contributed by atoms with Crippen molar-refractivity contribution in [2.75, 3.05) is 0 Å².